The summed E-state index contributed by atoms with van der Waals surface area (Å²) in [5.41, 5.74) is 0.479. The van der Waals surface area contributed by atoms with Gasteiger partial charge in [-0.25, -0.2) is 0 Å². The van der Waals surface area contributed by atoms with Crippen LogP contribution in [0.15, 0.2) is 12.1 Å². The number of aliphatic hydroxyl groups is 1. The summed E-state index contributed by atoms with van der Waals surface area (Å²) in [7, 11) is 0. The molecule has 3 amide bonds. The number of hydrogen-bond acceptors (Lipinski definition) is 5. The average Bonchev–Trinajstić information content (AvgIpc) is 3.24. The van der Waals surface area contributed by atoms with Crippen molar-refractivity contribution in [3.05, 3.63) is 28.3 Å². The van der Waals surface area contributed by atoms with Crippen molar-refractivity contribution >= 4 is 35.0 Å². The monoisotopic (exact) mass is 405 g/mol. The van der Waals surface area contributed by atoms with Crippen LogP contribution in [-0.2, 0) is 19.9 Å². The highest BCUT2D eigenvalue weighted by molar-refractivity contribution is 6.32. The molecular formula is C20H24ClN3O4. The first-order valence-electron chi connectivity index (χ1n) is 9.60. The van der Waals surface area contributed by atoms with Crippen molar-refractivity contribution in [2.75, 3.05) is 5.32 Å². The van der Waals surface area contributed by atoms with Crippen molar-refractivity contribution in [3.63, 3.8) is 0 Å². The Hall–Kier alpha value is -1.96. The van der Waals surface area contributed by atoms with Crippen LogP contribution in [0.5, 0.6) is 0 Å². The van der Waals surface area contributed by atoms with E-state index in [4.69, 9.17) is 11.6 Å². The molecule has 0 saturated carbocycles. The second-order valence-electron chi connectivity index (χ2n) is 8.08. The highest BCUT2D eigenvalue weighted by Gasteiger charge is 2.71. The topological polar surface area (TPSA) is 98.7 Å². The Balaban J connectivity index is 1.93. The lowest BCUT2D eigenvalue weighted by molar-refractivity contribution is -0.145. The molecule has 150 valence electrons. The van der Waals surface area contributed by atoms with E-state index in [1.165, 1.54) is 4.90 Å². The number of carbonyl (C=O) groups is 3. The first-order chi connectivity index (χ1) is 13.2. The minimum Gasteiger partial charge on any atom is -0.392 e. The summed E-state index contributed by atoms with van der Waals surface area (Å²) in [6.07, 6.45) is -0.292. The Bertz CT molecular complexity index is 902. The van der Waals surface area contributed by atoms with E-state index in [1.54, 1.807) is 26.0 Å². The number of carbonyl (C=O) groups excluding carboxylic acids is 3. The summed E-state index contributed by atoms with van der Waals surface area (Å²) < 4.78 is 0. The highest BCUT2D eigenvalue weighted by atomic mass is 35.5. The number of amides is 3. The summed E-state index contributed by atoms with van der Waals surface area (Å²) in [5.74, 6) is -2.79. The molecule has 0 radical (unpaired) electrons. The van der Waals surface area contributed by atoms with Crippen molar-refractivity contribution in [2.45, 2.75) is 57.8 Å². The zero-order valence-electron chi connectivity index (χ0n) is 16.2. The molecule has 2 fully saturated rings. The number of imide groups is 1. The number of benzene rings is 1. The summed E-state index contributed by atoms with van der Waals surface area (Å²) in [4.78, 5) is 41.1. The van der Waals surface area contributed by atoms with E-state index < -0.39 is 35.4 Å². The molecule has 4 rings (SSSR count). The second-order valence-corrected chi connectivity index (χ2v) is 8.48. The number of hydrogen-bond donors (Lipinski definition) is 3. The zero-order chi connectivity index (χ0) is 20.5. The van der Waals surface area contributed by atoms with E-state index in [0.717, 1.165) is 0 Å². The number of likely N-dealkylation sites (tertiary alicyclic amines) is 1. The van der Waals surface area contributed by atoms with Gasteiger partial charge in [-0.2, -0.15) is 0 Å². The minimum atomic E-state index is -1.40. The van der Waals surface area contributed by atoms with Crippen LogP contribution in [0.1, 0.15) is 38.3 Å². The maximum Gasteiger partial charge on any atom is 0.250 e. The van der Waals surface area contributed by atoms with Crippen LogP contribution >= 0.6 is 11.6 Å². The molecule has 0 aliphatic carbocycles. The van der Waals surface area contributed by atoms with Gasteiger partial charge in [0.15, 0.2) is 0 Å². The van der Waals surface area contributed by atoms with Crippen LogP contribution in [0.2, 0.25) is 5.02 Å². The van der Waals surface area contributed by atoms with E-state index in [2.05, 4.69) is 10.6 Å². The lowest BCUT2D eigenvalue weighted by atomic mass is 9.76. The lowest BCUT2D eigenvalue weighted by Gasteiger charge is -2.31. The SMILES string of the molecule is CC[C@H](C)N1C(=O)[C@@H]2[C@H]([C@H](C)O)N[C@@]3(C(=O)Nc4c3ccc(Cl)c4C)[C@@H]2C1=O. The van der Waals surface area contributed by atoms with E-state index in [0.29, 0.717) is 28.3 Å². The van der Waals surface area contributed by atoms with Gasteiger partial charge in [-0.15, -0.1) is 0 Å². The first-order valence-corrected chi connectivity index (χ1v) is 9.98. The fourth-order valence-electron chi connectivity index (χ4n) is 4.97. The maximum absolute atomic E-state index is 13.4. The fraction of sp³-hybridized carbons (Fsp3) is 0.550. The van der Waals surface area contributed by atoms with Gasteiger partial charge >= 0.3 is 0 Å². The van der Waals surface area contributed by atoms with Crippen molar-refractivity contribution in [2.24, 2.45) is 11.8 Å². The van der Waals surface area contributed by atoms with Crippen LogP contribution in [0.4, 0.5) is 5.69 Å². The third kappa shape index (κ3) is 2.21. The van der Waals surface area contributed by atoms with Gasteiger partial charge in [-0.05, 0) is 38.8 Å². The molecule has 3 aliphatic heterocycles. The third-order valence-corrected chi connectivity index (χ3v) is 7.01. The Kier molecular flexibility index (Phi) is 4.34. The maximum atomic E-state index is 13.4. The molecule has 1 spiro atoms. The molecule has 1 aromatic carbocycles. The first kappa shape index (κ1) is 19.4. The van der Waals surface area contributed by atoms with Gasteiger partial charge in [0.1, 0.15) is 5.54 Å². The molecule has 2 saturated heterocycles. The predicted octanol–water partition coefficient (Wildman–Crippen LogP) is 1.55. The largest absolute Gasteiger partial charge is 0.392 e. The number of fused-ring (bicyclic) bond motifs is 4. The van der Waals surface area contributed by atoms with E-state index in [-0.39, 0.29) is 17.9 Å². The molecule has 3 aliphatic rings. The van der Waals surface area contributed by atoms with Gasteiger partial charge in [-0.3, -0.25) is 24.6 Å². The second kappa shape index (κ2) is 6.27. The van der Waals surface area contributed by atoms with Gasteiger partial charge in [-0.1, -0.05) is 24.6 Å². The molecule has 28 heavy (non-hydrogen) atoms. The predicted molar refractivity (Wildman–Crippen MR) is 104 cm³/mol. The van der Waals surface area contributed by atoms with E-state index in [9.17, 15) is 19.5 Å². The Morgan fingerprint density at radius 1 is 1.25 bits per heavy atom. The van der Waals surface area contributed by atoms with Crippen LogP contribution in [0.3, 0.4) is 0 Å². The number of aliphatic hydroxyl groups excluding tert-OH is 1. The van der Waals surface area contributed by atoms with Crippen LogP contribution in [0, 0.1) is 18.8 Å². The van der Waals surface area contributed by atoms with Crippen molar-refractivity contribution < 1.29 is 19.5 Å². The smallest absolute Gasteiger partial charge is 0.250 e. The highest BCUT2D eigenvalue weighted by Crippen LogP contribution is 2.54. The number of rotatable bonds is 3. The standard InChI is InChI=1S/C20H24ClN3O4/c1-5-8(2)24-17(26)13-14(18(24)27)20(23-16(13)10(4)25)11-6-7-12(21)9(3)15(11)22-19(20)28/h6-8,10,13-14,16,23,25H,5H2,1-4H3,(H,22,28)/t8-,10-,13-,14-,16-,20+/m0/s1. The minimum absolute atomic E-state index is 0.270. The molecular weight excluding hydrogens is 382 g/mol. The van der Waals surface area contributed by atoms with Gasteiger partial charge in [0.05, 0.1) is 23.6 Å². The number of nitrogens with zero attached hydrogens (tertiary/aromatic N) is 1. The molecule has 8 heteroatoms. The third-order valence-electron chi connectivity index (χ3n) is 6.60. The molecule has 0 unspecified atom stereocenters. The fourth-order valence-corrected chi connectivity index (χ4v) is 5.13. The summed E-state index contributed by atoms with van der Waals surface area (Å²) in [6, 6.07) is 2.44. The van der Waals surface area contributed by atoms with Gasteiger partial charge in [0, 0.05) is 22.7 Å². The molecule has 0 aromatic heterocycles. The summed E-state index contributed by atoms with van der Waals surface area (Å²) >= 11 is 6.22. The van der Waals surface area contributed by atoms with Crippen LogP contribution in [0.25, 0.3) is 0 Å². The van der Waals surface area contributed by atoms with Gasteiger partial charge in [0.25, 0.3) is 0 Å². The normalized spacial score (nSPS) is 33.3. The quantitative estimate of drug-likeness (QED) is 0.663. The summed E-state index contributed by atoms with van der Waals surface area (Å²) in [5, 5.41) is 16.9. The van der Waals surface area contributed by atoms with Crippen molar-refractivity contribution in [1.82, 2.24) is 10.2 Å². The molecule has 7 nitrogen and oxygen atoms in total. The van der Waals surface area contributed by atoms with E-state index in [1.807, 2.05) is 13.8 Å². The Morgan fingerprint density at radius 2 is 1.93 bits per heavy atom. The zero-order valence-corrected chi connectivity index (χ0v) is 17.0. The molecule has 3 heterocycles. The molecule has 3 N–H and O–H groups in total. The number of anilines is 1. The van der Waals surface area contributed by atoms with Crippen molar-refractivity contribution in [3.8, 4) is 0 Å². The molecule has 1 aromatic rings. The molecule has 6 atom stereocenters. The molecule has 0 bridgehead atoms. The van der Waals surface area contributed by atoms with E-state index >= 15 is 0 Å². The average molecular weight is 406 g/mol. The lowest BCUT2D eigenvalue weighted by Crippen LogP contribution is -2.55. The Morgan fingerprint density at radius 3 is 2.54 bits per heavy atom. The summed E-state index contributed by atoms with van der Waals surface area (Å²) in [6.45, 7) is 7.09. The van der Waals surface area contributed by atoms with Crippen LogP contribution in [-0.4, -0.2) is 45.9 Å². The van der Waals surface area contributed by atoms with Crippen molar-refractivity contribution in [1.29, 1.82) is 0 Å². The number of halogens is 1. The number of nitrogens with one attached hydrogen (secondary N) is 2. The van der Waals surface area contributed by atoms with Crippen LogP contribution < -0.4 is 10.6 Å². The van der Waals surface area contributed by atoms with Gasteiger partial charge in [0.2, 0.25) is 17.7 Å². The van der Waals surface area contributed by atoms with Gasteiger partial charge < -0.3 is 10.4 Å². The Labute approximate surface area is 168 Å².